The summed E-state index contributed by atoms with van der Waals surface area (Å²) in [4.78, 5) is 34.5. The zero-order valence-corrected chi connectivity index (χ0v) is 12.4. The first-order chi connectivity index (χ1) is 10.1. The van der Waals surface area contributed by atoms with Gasteiger partial charge in [0.05, 0.1) is 19.6 Å². The van der Waals surface area contributed by atoms with Crippen LogP contribution in [0.15, 0.2) is 24.3 Å². The fourth-order valence-electron chi connectivity index (χ4n) is 1.60. The van der Waals surface area contributed by atoms with E-state index in [9.17, 15) is 14.4 Å². The number of benzene rings is 1. The van der Waals surface area contributed by atoms with Crippen molar-refractivity contribution in [3.05, 3.63) is 29.8 Å². The highest BCUT2D eigenvalue weighted by Crippen LogP contribution is 2.14. The van der Waals surface area contributed by atoms with E-state index in [4.69, 9.17) is 4.74 Å². The predicted octanol–water partition coefficient (Wildman–Crippen LogP) is 2.57. The minimum absolute atomic E-state index is 0.114. The standard InChI is InChI=1S/C16H20O5/c1-3-5-10-21-13-8-6-12(7-9-13)14(17)11-15(18)16(19)20-4-2/h6-9H,3-5,10-11H2,1-2H3. The van der Waals surface area contributed by atoms with Gasteiger partial charge in [-0.3, -0.25) is 9.59 Å². The Balaban J connectivity index is 2.55. The molecule has 0 aromatic heterocycles. The summed E-state index contributed by atoms with van der Waals surface area (Å²) in [5, 5.41) is 0. The van der Waals surface area contributed by atoms with E-state index in [1.807, 2.05) is 0 Å². The minimum atomic E-state index is -0.967. The molecule has 0 radical (unpaired) electrons. The molecule has 0 saturated heterocycles. The van der Waals surface area contributed by atoms with E-state index in [1.54, 1.807) is 31.2 Å². The largest absolute Gasteiger partial charge is 0.494 e. The molecule has 0 atom stereocenters. The molecule has 0 heterocycles. The van der Waals surface area contributed by atoms with Gasteiger partial charge in [0, 0.05) is 5.56 Å². The third-order valence-electron chi connectivity index (χ3n) is 2.77. The molecule has 1 aromatic carbocycles. The van der Waals surface area contributed by atoms with Gasteiger partial charge in [-0.05, 0) is 37.6 Å². The summed E-state index contributed by atoms with van der Waals surface area (Å²) in [6, 6.07) is 6.53. The molecule has 0 amide bonds. The summed E-state index contributed by atoms with van der Waals surface area (Å²) in [6.45, 7) is 4.42. The monoisotopic (exact) mass is 292 g/mol. The third-order valence-corrected chi connectivity index (χ3v) is 2.77. The van der Waals surface area contributed by atoms with Crippen LogP contribution in [0.2, 0.25) is 0 Å². The number of ketones is 2. The fourth-order valence-corrected chi connectivity index (χ4v) is 1.60. The van der Waals surface area contributed by atoms with Gasteiger partial charge in [0.2, 0.25) is 5.78 Å². The second-order valence-corrected chi connectivity index (χ2v) is 4.47. The zero-order valence-electron chi connectivity index (χ0n) is 12.4. The Labute approximate surface area is 124 Å². The predicted molar refractivity (Wildman–Crippen MR) is 77.4 cm³/mol. The van der Waals surface area contributed by atoms with E-state index in [0.717, 1.165) is 12.8 Å². The number of carbonyl (C=O) groups excluding carboxylic acids is 3. The molecule has 0 spiro atoms. The smallest absolute Gasteiger partial charge is 0.375 e. The van der Waals surface area contributed by atoms with Crippen molar-refractivity contribution in [2.45, 2.75) is 33.1 Å². The van der Waals surface area contributed by atoms with Crippen molar-refractivity contribution in [3.8, 4) is 5.75 Å². The van der Waals surface area contributed by atoms with Gasteiger partial charge in [-0.25, -0.2) is 4.79 Å². The molecule has 0 saturated carbocycles. The maximum atomic E-state index is 11.9. The molecule has 0 unspecified atom stereocenters. The molecule has 0 N–H and O–H groups in total. The molecule has 114 valence electrons. The molecule has 5 nitrogen and oxygen atoms in total. The first kappa shape index (κ1) is 16.9. The van der Waals surface area contributed by atoms with Gasteiger partial charge in [0.25, 0.3) is 0 Å². The number of hydrogen-bond donors (Lipinski definition) is 0. The van der Waals surface area contributed by atoms with Crippen molar-refractivity contribution < 1.29 is 23.9 Å². The van der Waals surface area contributed by atoms with Crippen molar-refractivity contribution in [1.82, 2.24) is 0 Å². The van der Waals surface area contributed by atoms with Crippen LogP contribution >= 0.6 is 0 Å². The molecule has 0 bridgehead atoms. The van der Waals surface area contributed by atoms with Crippen molar-refractivity contribution in [2.75, 3.05) is 13.2 Å². The third kappa shape index (κ3) is 5.77. The summed E-state index contributed by atoms with van der Waals surface area (Å²) in [5.41, 5.74) is 0.371. The lowest BCUT2D eigenvalue weighted by molar-refractivity contribution is -0.153. The van der Waals surface area contributed by atoms with Crippen molar-refractivity contribution in [2.24, 2.45) is 0 Å². The van der Waals surface area contributed by atoms with Crippen molar-refractivity contribution >= 4 is 17.5 Å². The average molecular weight is 292 g/mol. The van der Waals surface area contributed by atoms with Crippen LogP contribution < -0.4 is 4.74 Å². The van der Waals surface area contributed by atoms with Crippen LogP contribution in [0.1, 0.15) is 43.5 Å². The van der Waals surface area contributed by atoms with E-state index in [2.05, 4.69) is 11.7 Å². The SMILES string of the molecule is CCCCOc1ccc(C(=O)CC(=O)C(=O)OCC)cc1. The second-order valence-electron chi connectivity index (χ2n) is 4.47. The normalized spacial score (nSPS) is 10.0. The van der Waals surface area contributed by atoms with E-state index >= 15 is 0 Å². The molecule has 5 heteroatoms. The Morgan fingerprint density at radius 2 is 1.71 bits per heavy atom. The number of ether oxygens (including phenoxy) is 2. The quantitative estimate of drug-likeness (QED) is 0.230. The van der Waals surface area contributed by atoms with Gasteiger partial charge in [-0.15, -0.1) is 0 Å². The van der Waals surface area contributed by atoms with Gasteiger partial charge in [0.1, 0.15) is 5.75 Å². The van der Waals surface area contributed by atoms with Gasteiger partial charge in [-0.2, -0.15) is 0 Å². The number of esters is 1. The van der Waals surface area contributed by atoms with Crippen molar-refractivity contribution in [1.29, 1.82) is 0 Å². The van der Waals surface area contributed by atoms with Gasteiger partial charge < -0.3 is 9.47 Å². The number of carbonyl (C=O) groups is 3. The summed E-state index contributed by atoms with van der Waals surface area (Å²) < 4.78 is 10.0. The molecule has 0 aliphatic heterocycles. The summed E-state index contributed by atoms with van der Waals surface area (Å²) in [5.74, 6) is -1.53. The minimum Gasteiger partial charge on any atom is -0.494 e. The van der Waals surface area contributed by atoms with E-state index in [1.165, 1.54) is 0 Å². The van der Waals surface area contributed by atoms with Crippen LogP contribution in [0.4, 0.5) is 0 Å². The highest BCUT2D eigenvalue weighted by molar-refractivity contribution is 6.38. The van der Waals surface area contributed by atoms with Crippen molar-refractivity contribution in [3.63, 3.8) is 0 Å². The van der Waals surface area contributed by atoms with E-state index in [-0.39, 0.29) is 6.61 Å². The maximum absolute atomic E-state index is 11.9. The van der Waals surface area contributed by atoms with Gasteiger partial charge >= 0.3 is 5.97 Å². The lowest BCUT2D eigenvalue weighted by Crippen LogP contribution is -2.20. The fraction of sp³-hybridized carbons (Fsp3) is 0.438. The summed E-state index contributed by atoms with van der Waals surface area (Å²) in [6.07, 6.45) is 1.54. The molecule has 1 rings (SSSR count). The summed E-state index contributed by atoms with van der Waals surface area (Å²) in [7, 11) is 0. The lowest BCUT2D eigenvalue weighted by Gasteiger charge is -2.06. The lowest BCUT2D eigenvalue weighted by atomic mass is 10.1. The average Bonchev–Trinajstić information content (AvgIpc) is 2.48. The van der Waals surface area contributed by atoms with Crippen LogP contribution in [0.3, 0.4) is 0 Å². The second kappa shape index (κ2) is 8.89. The number of unbranched alkanes of at least 4 members (excludes halogenated alkanes) is 1. The van der Waals surface area contributed by atoms with Gasteiger partial charge in [0.15, 0.2) is 5.78 Å². The van der Waals surface area contributed by atoms with Crippen LogP contribution in [0.5, 0.6) is 5.75 Å². The molecular formula is C16H20O5. The zero-order chi connectivity index (χ0) is 15.7. The first-order valence-electron chi connectivity index (χ1n) is 7.04. The highest BCUT2D eigenvalue weighted by atomic mass is 16.5. The molecule has 0 fully saturated rings. The van der Waals surface area contributed by atoms with Gasteiger partial charge in [-0.1, -0.05) is 13.3 Å². The Kier molecular flexibility index (Phi) is 7.15. The van der Waals surface area contributed by atoms with E-state index < -0.39 is 24.0 Å². The maximum Gasteiger partial charge on any atom is 0.375 e. The van der Waals surface area contributed by atoms with E-state index in [0.29, 0.717) is 17.9 Å². The Hall–Kier alpha value is -2.17. The van der Waals surface area contributed by atoms with Crippen LogP contribution in [-0.4, -0.2) is 30.7 Å². The Bertz CT molecular complexity index is 490. The highest BCUT2D eigenvalue weighted by Gasteiger charge is 2.19. The molecule has 0 aliphatic rings. The first-order valence-corrected chi connectivity index (χ1v) is 7.04. The van der Waals surface area contributed by atoms with Crippen LogP contribution in [-0.2, 0) is 14.3 Å². The number of rotatable bonds is 9. The molecule has 1 aromatic rings. The van der Waals surface area contributed by atoms with Crippen LogP contribution in [0, 0.1) is 0 Å². The summed E-state index contributed by atoms with van der Waals surface area (Å²) >= 11 is 0. The number of Topliss-reactive ketones (excluding diaryl/α,β-unsaturated/α-hetero) is 2. The van der Waals surface area contributed by atoms with Crippen LogP contribution in [0.25, 0.3) is 0 Å². The molecule has 0 aliphatic carbocycles. The number of hydrogen-bond acceptors (Lipinski definition) is 5. The topological polar surface area (TPSA) is 69.7 Å². The Morgan fingerprint density at radius 3 is 2.29 bits per heavy atom. The molecular weight excluding hydrogens is 272 g/mol. The molecule has 21 heavy (non-hydrogen) atoms. The Morgan fingerprint density at radius 1 is 1.05 bits per heavy atom.